The first kappa shape index (κ1) is 19.5. The molecule has 7 nitrogen and oxygen atoms in total. The fraction of sp³-hybridized carbons (Fsp3) is 0.421. The van der Waals surface area contributed by atoms with Crippen molar-refractivity contribution in [2.45, 2.75) is 45.6 Å². The van der Waals surface area contributed by atoms with Gasteiger partial charge in [0.1, 0.15) is 11.3 Å². The average molecular weight is 360 g/mol. The van der Waals surface area contributed by atoms with Gasteiger partial charge in [0.05, 0.1) is 31.1 Å². The number of aryl methyl sites for hydroxylation is 1. The monoisotopic (exact) mass is 360 g/mol. The highest BCUT2D eigenvalue weighted by Gasteiger charge is 2.18. The molecular formula is C19H22NO6-. The topological polar surface area (TPSA) is 109 Å². The van der Waals surface area contributed by atoms with Crippen molar-refractivity contribution in [1.29, 1.82) is 0 Å². The number of aliphatic carboxylic acids is 1. The van der Waals surface area contributed by atoms with Gasteiger partial charge in [0.15, 0.2) is 0 Å². The van der Waals surface area contributed by atoms with Crippen molar-refractivity contribution in [3.8, 4) is 5.75 Å². The molecule has 1 aromatic heterocycles. The van der Waals surface area contributed by atoms with E-state index in [1.807, 2.05) is 6.92 Å². The molecule has 0 saturated heterocycles. The van der Waals surface area contributed by atoms with Crippen LogP contribution in [0.1, 0.15) is 37.3 Å². The summed E-state index contributed by atoms with van der Waals surface area (Å²) in [5, 5.41) is 14.3. The summed E-state index contributed by atoms with van der Waals surface area (Å²) in [7, 11) is 1.51. The summed E-state index contributed by atoms with van der Waals surface area (Å²) < 4.78 is 10.4. The van der Waals surface area contributed by atoms with Crippen molar-refractivity contribution < 1.29 is 23.8 Å². The van der Waals surface area contributed by atoms with E-state index in [0.29, 0.717) is 28.7 Å². The number of carbonyl (C=O) groups is 2. The van der Waals surface area contributed by atoms with Gasteiger partial charge >= 0.3 is 5.63 Å². The molecule has 1 amide bonds. The first-order valence-corrected chi connectivity index (χ1v) is 8.47. The molecular weight excluding hydrogens is 338 g/mol. The number of unbranched alkanes of at least 4 members (excludes halogenated alkanes) is 1. The van der Waals surface area contributed by atoms with Crippen molar-refractivity contribution in [2.24, 2.45) is 0 Å². The SMILES string of the molecule is CCCC[C@@H](NC(=O)Cc1c(C)c2ccc(OC)cc2oc1=O)C(=O)[O-]. The summed E-state index contributed by atoms with van der Waals surface area (Å²) in [6.45, 7) is 3.65. The third kappa shape index (κ3) is 4.41. The second-order valence-electron chi connectivity index (χ2n) is 6.11. The minimum absolute atomic E-state index is 0.202. The molecule has 0 aliphatic heterocycles. The van der Waals surface area contributed by atoms with Gasteiger partial charge in [-0.25, -0.2) is 4.79 Å². The normalized spacial score (nSPS) is 12.0. The molecule has 0 aliphatic rings. The van der Waals surface area contributed by atoms with Crippen LogP contribution in [-0.2, 0) is 16.0 Å². The molecule has 7 heteroatoms. The van der Waals surface area contributed by atoms with Gasteiger partial charge in [-0.15, -0.1) is 0 Å². The number of carboxylic acids is 1. The number of benzene rings is 1. The summed E-state index contributed by atoms with van der Waals surface area (Å²) in [6, 6.07) is 4.01. The third-order valence-corrected chi connectivity index (χ3v) is 4.30. The summed E-state index contributed by atoms with van der Waals surface area (Å²) >= 11 is 0. The van der Waals surface area contributed by atoms with Crippen LogP contribution in [-0.4, -0.2) is 25.0 Å². The fourth-order valence-electron chi connectivity index (χ4n) is 2.77. The molecule has 0 unspecified atom stereocenters. The first-order valence-electron chi connectivity index (χ1n) is 8.47. The Labute approximate surface area is 151 Å². The van der Waals surface area contributed by atoms with Gasteiger partial charge < -0.3 is 24.4 Å². The summed E-state index contributed by atoms with van der Waals surface area (Å²) in [4.78, 5) is 35.6. The van der Waals surface area contributed by atoms with Gasteiger partial charge in [-0.1, -0.05) is 19.8 Å². The molecule has 1 atom stereocenters. The second kappa shape index (κ2) is 8.51. The van der Waals surface area contributed by atoms with E-state index in [4.69, 9.17) is 9.15 Å². The number of hydrogen-bond acceptors (Lipinski definition) is 6. The minimum Gasteiger partial charge on any atom is -0.548 e. The Bertz CT molecular complexity index is 870. The van der Waals surface area contributed by atoms with E-state index < -0.39 is 23.5 Å². The smallest absolute Gasteiger partial charge is 0.340 e. The second-order valence-corrected chi connectivity index (χ2v) is 6.11. The largest absolute Gasteiger partial charge is 0.548 e. The van der Waals surface area contributed by atoms with Crippen molar-refractivity contribution in [1.82, 2.24) is 5.32 Å². The lowest BCUT2D eigenvalue weighted by atomic mass is 10.0. The van der Waals surface area contributed by atoms with Gasteiger partial charge in [0, 0.05) is 11.5 Å². The fourth-order valence-corrected chi connectivity index (χ4v) is 2.77. The molecule has 1 N–H and O–H groups in total. The number of hydrogen-bond donors (Lipinski definition) is 1. The first-order chi connectivity index (χ1) is 12.4. The van der Waals surface area contributed by atoms with Gasteiger partial charge in [-0.3, -0.25) is 4.79 Å². The highest BCUT2D eigenvalue weighted by atomic mass is 16.5. The Morgan fingerprint density at radius 3 is 2.69 bits per heavy atom. The van der Waals surface area contributed by atoms with Crippen LogP contribution < -0.4 is 20.8 Å². The zero-order chi connectivity index (χ0) is 19.3. The van der Waals surface area contributed by atoms with Crippen LogP contribution in [0.3, 0.4) is 0 Å². The Kier molecular flexibility index (Phi) is 6.38. The zero-order valence-electron chi connectivity index (χ0n) is 15.1. The Hall–Kier alpha value is -2.83. The molecule has 0 spiro atoms. The minimum atomic E-state index is -1.33. The number of carboxylic acid groups (broad SMARTS) is 1. The quantitative estimate of drug-likeness (QED) is 0.706. The van der Waals surface area contributed by atoms with E-state index in [9.17, 15) is 19.5 Å². The van der Waals surface area contributed by atoms with Crippen molar-refractivity contribution in [2.75, 3.05) is 7.11 Å². The molecule has 0 bridgehead atoms. The predicted octanol–water partition coefficient (Wildman–Crippen LogP) is 1.08. The molecule has 26 heavy (non-hydrogen) atoms. The maximum absolute atomic E-state index is 12.3. The zero-order valence-corrected chi connectivity index (χ0v) is 15.1. The van der Waals surface area contributed by atoms with E-state index in [1.165, 1.54) is 7.11 Å². The Morgan fingerprint density at radius 2 is 2.08 bits per heavy atom. The molecule has 0 aliphatic carbocycles. The van der Waals surface area contributed by atoms with E-state index >= 15 is 0 Å². The summed E-state index contributed by atoms with van der Waals surface area (Å²) in [6.07, 6.45) is 1.48. The summed E-state index contributed by atoms with van der Waals surface area (Å²) in [5.74, 6) is -1.34. The van der Waals surface area contributed by atoms with Crippen LogP contribution in [0.15, 0.2) is 27.4 Å². The van der Waals surface area contributed by atoms with Gasteiger partial charge in [0.25, 0.3) is 0 Å². The van der Waals surface area contributed by atoms with Crippen LogP contribution in [0.25, 0.3) is 11.0 Å². The number of nitrogens with one attached hydrogen (secondary N) is 1. The van der Waals surface area contributed by atoms with Crippen molar-refractivity contribution in [3.63, 3.8) is 0 Å². The van der Waals surface area contributed by atoms with Crippen LogP contribution in [0.5, 0.6) is 5.75 Å². The molecule has 1 aromatic carbocycles. The van der Waals surface area contributed by atoms with Crippen LogP contribution >= 0.6 is 0 Å². The van der Waals surface area contributed by atoms with Crippen LogP contribution in [0.4, 0.5) is 0 Å². The number of amides is 1. The molecule has 0 radical (unpaired) electrons. The molecule has 2 aromatic rings. The molecule has 140 valence electrons. The number of rotatable bonds is 8. The lowest BCUT2D eigenvalue weighted by molar-refractivity contribution is -0.308. The predicted molar refractivity (Wildman–Crippen MR) is 93.9 cm³/mol. The van der Waals surface area contributed by atoms with Crippen molar-refractivity contribution in [3.05, 3.63) is 39.7 Å². The molecule has 2 rings (SSSR count). The standard InChI is InChI=1S/C19H23NO6/c1-4-5-6-15(18(22)23)20-17(21)10-14-11(2)13-8-7-12(25-3)9-16(13)26-19(14)24/h7-9,15H,4-6,10H2,1-3H3,(H,20,21)(H,22,23)/p-1/t15-/m1/s1. The maximum Gasteiger partial charge on any atom is 0.340 e. The lowest BCUT2D eigenvalue weighted by Crippen LogP contribution is -2.48. The van der Waals surface area contributed by atoms with Gasteiger partial charge in [-0.2, -0.15) is 0 Å². The van der Waals surface area contributed by atoms with E-state index in [0.717, 1.165) is 6.42 Å². The number of methoxy groups -OCH3 is 1. The number of fused-ring (bicyclic) bond motifs is 1. The van der Waals surface area contributed by atoms with Crippen molar-refractivity contribution >= 4 is 22.8 Å². The van der Waals surface area contributed by atoms with Gasteiger partial charge in [0.2, 0.25) is 5.91 Å². The highest BCUT2D eigenvalue weighted by Crippen LogP contribution is 2.24. The lowest BCUT2D eigenvalue weighted by Gasteiger charge is -2.19. The van der Waals surface area contributed by atoms with Crippen LogP contribution in [0, 0.1) is 6.92 Å². The summed E-state index contributed by atoms with van der Waals surface area (Å²) in [5.41, 5.74) is 0.559. The van der Waals surface area contributed by atoms with Gasteiger partial charge in [-0.05, 0) is 31.0 Å². The maximum atomic E-state index is 12.3. The van der Waals surface area contributed by atoms with E-state index in [-0.39, 0.29) is 18.4 Å². The third-order valence-electron chi connectivity index (χ3n) is 4.30. The number of carbonyl (C=O) groups excluding carboxylic acids is 2. The molecule has 0 fully saturated rings. The van der Waals surface area contributed by atoms with Crippen LogP contribution in [0.2, 0.25) is 0 Å². The van der Waals surface area contributed by atoms with E-state index in [2.05, 4.69) is 5.32 Å². The Morgan fingerprint density at radius 1 is 1.35 bits per heavy atom. The average Bonchev–Trinajstić information content (AvgIpc) is 2.61. The highest BCUT2D eigenvalue weighted by molar-refractivity contribution is 5.87. The molecule has 1 heterocycles. The number of ether oxygens (including phenoxy) is 1. The van der Waals surface area contributed by atoms with E-state index in [1.54, 1.807) is 25.1 Å². The molecule has 0 saturated carbocycles. The Balaban J connectivity index is 2.25.